The van der Waals surface area contributed by atoms with Crippen molar-refractivity contribution in [1.29, 1.82) is 0 Å². The Labute approximate surface area is 160 Å². The van der Waals surface area contributed by atoms with Crippen LogP contribution in [0.3, 0.4) is 0 Å². The third kappa shape index (κ3) is 3.32. The van der Waals surface area contributed by atoms with Crippen LogP contribution >= 0.6 is 0 Å². The zero-order chi connectivity index (χ0) is 19.0. The van der Waals surface area contributed by atoms with Crippen LogP contribution in [0.15, 0.2) is 43.1 Å². The Balaban J connectivity index is 1.76. The van der Waals surface area contributed by atoms with Gasteiger partial charge in [-0.05, 0) is 30.2 Å². The number of ether oxygens (including phenoxy) is 2. The summed E-state index contributed by atoms with van der Waals surface area (Å²) < 4.78 is 11.3. The summed E-state index contributed by atoms with van der Waals surface area (Å²) in [4.78, 5) is 18.0. The third-order valence-electron chi connectivity index (χ3n) is 6.27. The number of methoxy groups -OCH3 is 1. The Kier molecular flexibility index (Phi) is 4.87. The molecule has 142 valence electrons. The van der Waals surface area contributed by atoms with E-state index in [1.165, 1.54) is 18.2 Å². The lowest BCUT2D eigenvalue weighted by Gasteiger charge is -2.48. The van der Waals surface area contributed by atoms with Crippen LogP contribution in [0, 0.1) is 11.8 Å². The number of rotatable bonds is 5. The van der Waals surface area contributed by atoms with Gasteiger partial charge >= 0.3 is 5.97 Å². The minimum Gasteiger partial charge on any atom is -0.497 e. The quantitative estimate of drug-likeness (QED) is 0.651. The van der Waals surface area contributed by atoms with Gasteiger partial charge in [0, 0.05) is 42.8 Å². The summed E-state index contributed by atoms with van der Waals surface area (Å²) in [6.07, 6.45) is 5.91. The molecule has 27 heavy (non-hydrogen) atoms. The molecule has 1 aromatic heterocycles. The highest BCUT2D eigenvalue weighted by molar-refractivity contribution is 5.84. The summed E-state index contributed by atoms with van der Waals surface area (Å²) in [5, 5.41) is 0.991. The third-order valence-corrected chi connectivity index (χ3v) is 6.27. The summed E-state index contributed by atoms with van der Waals surface area (Å²) in [6, 6.07) is 8.11. The van der Waals surface area contributed by atoms with E-state index in [1.807, 2.05) is 24.3 Å². The van der Waals surface area contributed by atoms with E-state index >= 15 is 0 Å². The van der Waals surface area contributed by atoms with Gasteiger partial charge in [0.15, 0.2) is 6.10 Å². The molecule has 3 aliphatic rings. The minimum absolute atomic E-state index is 0.241. The average Bonchev–Trinajstić information content (AvgIpc) is 2.71. The molecule has 5 heteroatoms. The van der Waals surface area contributed by atoms with Crippen molar-refractivity contribution in [2.75, 3.05) is 20.2 Å². The van der Waals surface area contributed by atoms with Crippen molar-refractivity contribution in [3.63, 3.8) is 0 Å². The lowest BCUT2D eigenvalue weighted by molar-refractivity contribution is -0.949. The number of nitrogens with one attached hydrogen (secondary N) is 1. The summed E-state index contributed by atoms with van der Waals surface area (Å²) in [7, 11) is 1.66. The maximum Gasteiger partial charge on any atom is 0.303 e. The van der Waals surface area contributed by atoms with E-state index in [0.717, 1.165) is 41.7 Å². The summed E-state index contributed by atoms with van der Waals surface area (Å²) in [6.45, 7) is 7.72. The van der Waals surface area contributed by atoms with E-state index in [1.54, 1.807) is 13.3 Å². The van der Waals surface area contributed by atoms with Crippen LogP contribution in [0.2, 0.25) is 0 Å². The van der Waals surface area contributed by atoms with Gasteiger partial charge in [-0.1, -0.05) is 6.08 Å². The highest BCUT2D eigenvalue weighted by Gasteiger charge is 2.47. The number of aromatic nitrogens is 1. The van der Waals surface area contributed by atoms with Crippen LogP contribution < -0.4 is 9.64 Å². The van der Waals surface area contributed by atoms with Crippen molar-refractivity contribution in [3.05, 3.63) is 48.7 Å². The van der Waals surface area contributed by atoms with E-state index in [2.05, 4.69) is 17.6 Å². The smallest absolute Gasteiger partial charge is 0.303 e. The van der Waals surface area contributed by atoms with Gasteiger partial charge in [-0.25, -0.2) is 0 Å². The fourth-order valence-corrected chi connectivity index (χ4v) is 4.95. The zero-order valence-corrected chi connectivity index (χ0v) is 16.0. The molecule has 1 unspecified atom stereocenters. The number of esters is 1. The number of quaternary nitrogens is 1. The van der Waals surface area contributed by atoms with E-state index in [0.29, 0.717) is 11.8 Å². The molecular weight excluding hydrogens is 340 g/mol. The largest absolute Gasteiger partial charge is 0.497 e. The molecule has 0 amide bonds. The second kappa shape index (κ2) is 7.31. The SMILES string of the molecule is C=C[C@H]1C[NH+]2CC[C@@H]1C[C@@H]2[C@@H](OC(C)=O)c1ccnc2ccc(OC)cc12. The maximum absolute atomic E-state index is 12.0. The average molecular weight is 367 g/mol. The highest BCUT2D eigenvalue weighted by atomic mass is 16.5. The van der Waals surface area contributed by atoms with Gasteiger partial charge in [-0.3, -0.25) is 9.78 Å². The van der Waals surface area contributed by atoms with E-state index < -0.39 is 0 Å². The first-order chi connectivity index (χ1) is 13.1. The molecule has 1 N–H and O–H groups in total. The van der Waals surface area contributed by atoms with E-state index in [-0.39, 0.29) is 18.1 Å². The highest BCUT2D eigenvalue weighted by Crippen LogP contribution is 2.36. The van der Waals surface area contributed by atoms with E-state index in [9.17, 15) is 4.79 Å². The molecule has 2 bridgehead atoms. The number of carbonyl (C=O) groups is 1. The molecule has 5 rings (SSSR count). The first-order valence-electron chi connectivity index (χ1n) is 9.67. The second-order valence-electron chi connectivity index (χ2n) is 7.72. The number of fused-ring (bicyclic) bond motifs is 4. The lowest BCUT2D eigenvalue weighted by Crippen LogP contribution is -3.20. The Morgan fingerprint density at radius 2 is 2.26 bits per heavy atom. The Bertz CT molecular complexity index is 866. The van der Waals surface area contributed by atoms with Gasteiger partial charge in [-0.15, -0.1) is 6.58 Å². The molecule has 5 atom stereocenters. The van der Waals surface area contributed by atoms with Crippen molar-refractivity contribution in [1.82, 2.24) is 4.98 Å². The first kappa shape index (κ1) is 18.0. The zero-order valence-electron chi connectivity index (χ0n) is 16.0. The molecule has 0 radical (unpaired) electrons. The van der Waals surface area contributed by atoms with Crippen molar-refractivity contribution in [2.24, 2.45) is 11.8 Å². The summed E-state index contributed by atoms with van der Waals surface area (Å²) >= 11 is 0. The number of hydrogen-bond donors (Lipinski definition) is 1. The molecule has 3 aliphatic heterocycles. The van der Waals surface area contributed by atoms with Crippen LogP contribution in [0.4, 0.5) is 0 Å². The Hall–Kier alpha value is -2.40. The van der Waals surface area contributed by atoms with Crippen LogP contribution in [0.25, 0.3) is 10.9 Å². The summed E-state index contributed by atoms with van der Waals surface area (Å²) in [5.41, 5.74) is 1.91. The number of benzene rings is 1. The van der Waals surface area contributed by atoms with Crippen LogP contribution in [0.5, 0.6) is 5.75 Å². The second-order valence-corrected chi connectivity index (χ2v) is 7.72. The van der Waals surface area contributed by atoms with Gasteiger partial charge < -0.3 is 14.4 Å². The van der Waals surface area contributed by atoms with Crippen molar-refractivity contribution in [2.45, 2.75) is 31.9 Å². The molecule has 4 heterocycles. The Morgan fingerprint density at radius 1 is 1.41 bits per heavy atom. The van der Waals surface area contributed by atoms with Gasteiger partial charge in [0.2, 0.25) is 0 Å². The Morgan fingerprint density at radius 3 is 2.93 bits per heavy atom. The number of nitrogens with zero attached hydrogens (tertiary/aromatic N) is 1. The molecule has 3 saturated heterocycles. The van der Waals surface area contributed by atoms with Crippen LogP contribution in [-0.4, -0.2) is 37.2 Å². The standard InChI is InChI=1S/C22H26N2O3/c1-4-15-13-24-10-8-16(15)11-21(24)22(27-14(2)25)18-7-9-23-20-6-5-17(26-3)12-19(18)20/h4-7,9,12,15-16,21-22H,1,8,10-11,13H2,2-3H3/p+1/t15-,16+,21+,22-/m0/s1. The molecule has 0 aliphatic carbocycles. The minimum atomic E-state index is -0.274. The predicted octanol–water partition coefficient (Wildman–Crippen LogP) is 2.33. The fourth-order valence-electron chi connectivity index (χ4n) is 4.95. The molecule has 3 fully saturated rings. The van der Waals surface area contributed by atoms with Crippen LogP contribution in [-0.2, 0) is 9.53 Å². The fraction of sp³-hybridized carbons (Fsp3) is 0.455. The monoisotopic (exact) mass is 367 g/mol. The van der Waals surface area contributed by atoms with Crippen LogP contribution in [0.1, 0.15) is 31.4 Å². The first-order valence-corrected chi connectivity index (χ1v) is 9.67. The number of carbonyl (C=O) groups excluding carboxylic acids is 1. The topological polar surface area (TPSA) is 52.9 Å². The predicted molar refractivity (Wildman–Crippen MR) is 104 cm³/mol. The number of pyridine rings is 1. The van der Waals surface area contributed by atoms with E-state index in [4.69, 9.17) is 9.47 Å². The van der Waals surface area contributed by atoms with Crippen molar-refractivity contribution >= 4 is 16.9 Å². The number of piperidine rings is 3. The molecular formula is C22H27N2O3+. The van der Waals surface area contributed by atoms with Gasteiger partial charge in [0.25, 0.3) is 0 Å². The van der Waals surface area contributed by atoms with Crippen molar-refractivity contribution in [3.8, 4) is 5.75 Å². The van der Waals surface area contributed by atoms with Crippen molar-refractivity contribution < 1.29 is 19.2 Å². The summed E-state index contributed by atoms with van der Waals surface area (Å²) in [5.74, 6) is 1.74. The molecule has 0 spiro atoms. The van der Waals surface area contributed by atoms with Gasteiger partial charge in [0.05, 0.1) is 25.7 Å². The van der Waals surface area contributed by atoms with Gasteiger partial charge in [-0.2, -0.15) is 0 Å². The lowest BCUT2D eigenvalue weighted by atomic mass is 9.73. The van der Waals surface area contributed by atoms with Gasteiger partial charge in [0.1, 0.15) is 11.8 Å². The molecule has 5 nitrogen and oxygen atoms in total. The maximum atomic E-state index is 12.0. The normalized spacial score (nSPS) is 27.9. The number of hydrogen-bond acceptors (Lipinski definition) is 4. The molecule has 1 aromatic carbocycles. The molecule has 2 aromatic rings. The molecule has 0 saturated carbocycles.